The van der Waals surface area contributed by atoms with Crippen LogP contribution in [0.3, 0.4) is 0 Å². The molecule has 1 aromatic rings. The summed E-state index contributed by atoms with van der Waals surface area (Å²) in [7, 11) is 3.74. The van der Waals surface area contributed by atoms with Gasteiger partial charge < -0.3 is 9.80 Å². The molecule has 3 heteroatoms. The molecule has 2 aliphatic rings. The zero-order valence-corrected chi connectivity index (χ0v) is 11.5. The molecule has 2 heterocycles. The average molecular weight is 255 g/mol. The third kappa shape index (κ3) is 1.77. The van der Waals surface area contributed by atoms with E-state index in [1.54, 1.807) is 18.0 Å². The molecule has 3 nitrogen and oxygen atoms in total. The Kier molecular flexibility index (Phi) is 2.44. The SMILES string of the molecule is [2H][C@@H]1C=CN(C)C2=C1C(=O)N(C)Cc1cccc(C)c12. The number of likely N-dealkylation sites (N-methyl/N-ethyl adjacent to an activating group) is 1. The minimum absolute atomic E-state index is 0.0493. The van der Waals surface area contributed by atoms with Gasteiger partial charge in [-0.1, -0.05) is 24.3 Å². The van der Waals surface area contributed by atoms with E-state index in [1.165, 1.54) is 0 Å². The number of rotatable bonds is 0. The van der Waals surface area contributed by atoms with E-state index in [0.717, 1.165) is 22.4 Å². The number of benzene rings is 1. The first-order valence-electron chi connectivity index (χ1n) is 7.00. The number of carbonyl (C=O) groups is 1. The summed E-state index contributed by atoms with van der Waals surface area (Å²) in [5, 5.41) is 0. The van der Waals surface area contributed by atoms with E-state index >= 15 is 0 Å². The molecule has 2 aliphatic heterocycles. The van der Waals surface area contributed by atoms with Gasteiger partial charge in [-0.15, -0.1) is 0 Å². The number of amides is 1. The zero-order chi connectivity index (χ0) is 14.4. The maximum Gasteiger partial charge on any atom is 0.252 e. The molecule has 1 atom stereocenters. The van der Waals surface area contributed by atoms with E-state index in [0.29, 0.717) is 12.1 Å². The van der Waals surface area contributed by atoms with Crippen molar-refractivity contribution >= 4 is 11.6 Å². The average Bonchev–Trinajstić information content (AvgIpc) is 2.52. The van der Waals surface area contributed by atoms with E-state index in [1.807, 2.05) is 24.2 Å². The first-order chi connectivity index (χ1) is 9.50. The maximum atomic E-state index is 12.6. The van der Waals surface area contributed by atoms with E-state index < -0.39 is 6.40 Å². The van der Waals surface area contributed by atoms with Crippen molar-refractivity contribution in [2.45, 2.75) is 19.9 Å². The molecule has 0 radical (unpaired) electrons. The molecule has 0 aliphatic carbocycles. The number of carbonyl (C=O) groups excluding carboxylic acids is 1. The van der Waals surface area contributed by atoms with Gasteiger partial charge in [-0.05, 0) is 24.4 Å². The van der Waals surface area contributed by atoms with Crippen LogP contribution in [0.15, 0.2) is 36.0 Å². The summed E-state index contributed by atoms with van der Waals surface area (Å²) < 4.78 is 8.20. The fraction of sp³-hybridized carbons (Fsp3) is 0.312. The van der Waals surface area contributed by atoms with Gasteiger partial charge in [0.25, 0.3) is 5.91 Å². The Balaban J connectivity index is 2.34. The van der Waals surface area contributed by atoms with E-state index in [-0.39, 0.29) is 5.91 Å². The van der Waals surface area contributed by atoms with Crippen LogP contribution in [0.25, 0.3) is 5.70 Å². The largest absolute Gasteiger partial charge is 0.350 e. The molecule has 0 saturated heterocycles. The second-order valence-corrected chi connectivity index (χ2v) is 5.15. The van der Waals surface area contributed by atoms with Crippen molar-refractivity contribution < 1.29 is 6.17 Å². The molecular weight excluding hydrogens is 236 g/mol. The fourth-order valence-electron chi connectivity index (χ4n) is 2.83. The quantitative estimate of drug-likeness (QED) is 0.711. The number of hydrogen-bond acceptors (Lipinski definition) is 2. The second-order valence-electron chi connectivity index (χ2n) is 5.15. The number of fused-ring (bicyclic) bond motifs is 2. The Morgan fingerprint density at radius 1 is 1.32 bits per heavy atom. The van der Waals surface area contributed by atoms with Crippen LogP contribution in [-0.2, 0) is 11.3 Å². The van der Waals surface area contributed by atoms with Crippen LogP contribution >= 0.6 is 0 Å². The molecule has 0 fully saturated rings. The van der Waals surface area contributed by atoms with Gasteiger partial charge in [0.1, 0.15) is 0 Å². The molecule has 0 N–H and O–H groups in total. The van der Waals surface area contributed by atoms with Gasteiger partial charge in [-0.25, -0.2) is 0 Å². The number of nitrogens with zero attached hydrogens (tertiary/aromatic N) is 2. The van der Waals surface area contributed by atoms with Crippen LogP contribution in [0.1, 0.15) is 24.5 Å². The molecule has 19 heavy (non-hydrogen) atoms. The highest BCUT2D eigenvalue weighted by atomic mass is 16.2. The van der Waals surface area contributed by atoms with Crippen molar-refractivity contribution in [1.82, 2.24) is 9.80 Å². The smallest absolute Gasteiger partial charge is 0.252 e. The van der Waals surface area contributed by atoms with Crippen LogP contribution < -0.4 is 0 Å². The normalized spacial score (nSPS) is 23.0. The van der Waals surface area contributed by atoms with Crippen LogP contribution in [0.5, 0.6) is 0 Å². The Morgan fingerprint density at radius 3 is 2.89 bits per heavy atom. The number of aryl methyl sites for hydroxylation is 1. The molecule has 1 amide bonds. The zero-order valence-electron chi connectivity index (χ0n) is 12.5. The van der Waals surface area contributed by atoms with Crippen LogP contribution in [0, 0.1) is 6.92 Å². The standard InChI is InChI=1S/C16H18N2O/c1-11-6-4-7-12-10-18(3)16(19)13-8-5-9-17(2)15(13)14(11)12/h4-7,9H,8,10H2,1-3H3/i8D/t8-/m1/s1. The lowest BCUT2D eigenvalue weighted by Crippen LogP contribution is -2.28. The van der Waals surface area contributed by atoms with Crippen LogP contribution in [0.2, 0.25) is 0 Å². The lowest BCUT2D eigenvalue weighted by molar-refractivity contribution is -0.126. The Labute approximate surface area is 115 Å². The monoisotopic (exact) mass is 255 g/mol. The van der Waals surface area contributed by atoms with Crippen LogP contribution in [0.4, 0.5) is 0 Å². The summed E-state index contributed by atoms with van der Waals surface area (Å²) in [4.78, 5) is 16.3. The molecule has 0 unspecified atom stereocenters. The molecule has 98 valence electrons. The summed E-state index contributed by atoms with van der Waals surface area (Å²) in [6.07, 6.45) is 3.04. The summed E-state index contributed by atoms with van der Waals surface area (Å²) in [5.41, 5.74) is 4.84. The molecular formula is C16H18N2O. The third-order valence-electron chi connectivity index (χ3n) is 3.76. The molecule has 0 spiro atoms. The summed E-state index contributed by atoms with van der Waals surface area (Å²) in [6.45, 7) is 2.65. The van der Waals surface area contributed by atoms with Gasteiger partial charge in [0.2, 0.25) is 0 Å². The Bertz CT molecular complexity index is 648. The molecule has 0 saturated carbocycles. The molecule has 3 rings (SSSR count). The lowest BCUT2D eigenvalue weighted by atomic mass is 9.94. The minimum atomic E-state index is -0.596. The predicted octanol–water partition coefficient (Wildman–Crippen LogP) is 2.53. The van der Waals surface area contributed by atoms with E-state index in [2.05, 4.69) is 19.1 Å². The second kappa shape index (κ2) is 4.26. The first-order valence-corrected chi connectivity index (χ1v) is 6.42. The predicted molar refractivity (Wildman–Crippen MR) is 76.1 cm³/mol. The van der Waals surface area contributed by atoms with Crippen molar-refractivity contribution in [1.29, 1.82) is 0 Å². The highest BCUT2D eigenvalue weighted by Crippen LogP contribution is 2.36. The number of hydrogen-bond donors (Lipinski definition) is 0. The van der Waals surface area contributed by atoms with Crippen molar-refractivity contribution in [2.75, 3.05) is 14.1 Å². The summed E-state index contributed by atoms with van der Waals surface area (Å²) in [6, 6.07) is 6.15. The number of allylic oxidation sites excluding steroid dienone is 1. The maximum absolute atomic E-state index is 12.6. The Hall–Kier alpha value is -2.03. The molecule has 0 bridgehead atoms. The van der Waals surface area contributed by atoms with Gasteiger partial charge in [-0.3, -0.25) is 4.79 Å². The fourth-order valence-corrected chi connectivity index (χ4v) is 2.83. The first kappa shape index (κ1) is 10.9. The van der Waals surface area contributed by atoms with Crippen molar-refractivity contribution in [2.24, 2.45) is 0 Å². The molecule has 1 aromatic carbocycles. The van der Waals surface area contributed by atoms with Gasteiger partial charge in [0.15, 0.2) is 0 Å². The van der Waals surface area contributed by atoms with Crippen molar-refractivity contribution in [3.8, 4) is 0 Å². The minimum Gasteiger partial charge on any atom is -0.350 e. The Morgan fingerprint density at radius 2 is 2.11 bits per heavy atom. The van der Waals surface area contributed by atoms with E-state index in [4.69, 9.17) is 1.37 Å². The summed E-state index contributed by atoms with van der Waals surface area (Å²) >= 11 is 0. The topological polar surface area (TPSA) is 23.6 Å². The van der Waals surface area contributed by atoms with Gasteiger partial charge in [0.05, 0.1) is 5.70 Å². The van der Waals surface area contributed by atoms with Crippen LogP contribution in [-0.4, -0.2) is 29.8 Å². The highest BCUT2D eigenvalue weighted by Gasteiger charge is 2.29. The van der Waals surface area contributed by atoms with Crippen molar-refractivity contribution in [3.05, 3.63) is 52.7 Å². The van der Waals surface area contributed by atoms with Gasteiger partial charge in [0, 0.05) is 39.3 Å². The third-order valence-corrected chi connectivity index (χ3v) is 3.76. The summed E-state index contributed by atoms with van der Waals surface area (Å²) in [5.74, 6) is -0.0493. The van der Waals surface area contributed by atoms with Gasteiger partial charge in [-0.2, -0.15) is 0 Å². The molecule has 0 aromatic heterocycles. The highest BCUT2D eigenvalue weighted by molar-refractivity contribution is 6.03. The van der Waals surface area contributed by atoms with Crippen molar-refractivity contribution in [3.63, 3.8) is 0 Å². The van der Waals surface area contributed by atoms with Gasteiger partial charge >= 0.3 is 0 Å². The van der Waals surface area contributed by atoms with E-state index in [9.17, 15) is 4.79 Å². The lowest BCUT2D eigenvalue weighted by Gasteiger charge is -2.26.